The number of hydrogen-bond acceptors (Lipinski definition) is 0. The van der Waals surface area contributed by atoms with Crippen molar-refractivity contribution in [3.8, 4) is 0 Å². The van der Waals surface area contributed by atoms with Crippen molar-refractivity contribution in [3.63, 3.8) is 0 Å². The summed E-state index contributed by atoms with van der Waals surface area (Å²) >= 11 is 0. The molecule has 0 saturated heterocycles. The van der Waals surface area contributed by atoms with Crippen LogP contribution in [0.4, 0.5) is 0 Å². The lowest BCUT2D eigenvalue weighted by molar-refractivity contribution is 0.651. The molecule has 0 heteroatoms. The predicted molar refractivity (Wildman–Crippen MR) is 38.9 cm³/mol. The van der Waals surface area contributed by atoms with E-state index >= 15 is 0 Å². The van der Waals surface area contributed by atoms with Crippen molar-refractivity contribution in [3.05, 3.63) is 18.6 Å². The van der Waals surface area contributed by atoms with Crippen LogP contribution in [-0.2, 0) is 0 Å². The Kier molecular flexibility index (Phi) is 1.14. The van der Waals surface area contributed by atoms with Crippen molar-refractivity contribution in [1.29, 1.82) is 0 Å². The minimum absolute atomic E-state index is 0.982. The summed E-state index contributed by atoms with van der Waals surface area (Å²) in [7, 11) is 0. The van der Waals surface area contributed by atoms with E-state index < -0.39 is 0 Å². The summed E-state index contributed by atoms with van der Waals surface area (Å²) in [6, 6.07) is 0. The smallest absolute Gasteiger partial charge is 0.0199 e. The van der Waals surface area contributed by atoms with Gasteiger partial charge < -0.3 is 0 Å². The summed E-state index contributed by atoms with van der Waals surface area (Å²) in [6.07, 6.45) is 7.77. The van der Waals surface area contributed by atoms with Gasteiger partial charge in [-0.1, -0.05) is 11.6 Å². The monoisotopic (exact) mass is 121 g/mol. The van der Waals surface area contributed by atoms with E-state index in [9.17, 15) is 0 Å². The van der Waals surface area contributed by atoms with Crippen LogP contribution >= 0.6 is 0 Å². The summed E-state index contributed by atoms with van der Waals surface area (Å²) in [6.45, 7) is 3.89. The molecule has 0 heterocycles. The van der Waals surface area contributed by atoms with Crippen molar-refractivity contribution >= 4 is 0 Å². The molecule has 0 aliphatic heterocycles. The van der Waals surface area contributed by atoms with Crippen molar-refractivity contribution in [2.75, 3.05) is 0 Å². The lowest BCUT2D eigenvalue weighted by Gasteiger charge is -2.08. The molecule has 0 aromatic carbocycles. The first-order valence-electron chi connectivity index (χ1n) is 3.89. The van der Waals surface area contributed by atoms with Crippen molar-refractivity contribution in [2.45, 2.75) is 25.7 Å². The van der Waals surface area contributed by atoms with E-state index in [1.54, 1.807) is 5.57 Å². The first-order valence-corrected chi connectivity index (χ1v) is 3.89. The van der Waals surface area contributed by atoms with Gasteiger partial charge in [0.25, 0.3) is 0 Å². The average molecular weight is 121 g/mol. The Labute approximate surface area is 57.0 Å². The Morgan fingerprint density at radius 1 is 1.67 bits per heavy atom. The van der Waals surface area contributed by atoms with E-state index in [1.165, 1.54) is 19.3 Å². The minimum atomic E-state index is 0.982. The molecule has 9 heavy (non-hydrogen) atoms. The average Bonchev–Trinajstić information content (AvgIpc) is 2.64. The van der Waals surface area contributed by atoms with E-state index in [-0.39, 0.29) is 0 Å². The molecule has 1 radical (unpaired) electrons. The van der Waals surface area contributed by atoms with Gasteiger partial charge in [-0.05, 0) is 44.4 Å². The number of fused-ring (bicyclic) bond motifs is 1. The molecule has 0 amide bonds. The topological polar surface area (TPSA) is 0 Å². The molecule has 1 fully saturated rings. The first kappa shape index (κ1) is 5.52. The maximum absolute atomic E-state index is 3.89. The molecular formula is C9H13. The second-order valence-corrected chi connectivity index (χ2v) is 3.27. The summed E-state index contributed by atoms with van der Waals surface area (Å²) in [5, 5.41) is 0. The first-order chi connectivity index (χ1) is 4.40. The van der Waals surface area contributed by atoms with Crippen molar-refractivity contribution < 1.29 is 0 Å². The molecule has 2 aliphatic rings. The van der Waals surface area contributed by atoms with E-state index in [4.69, 9.17) is 0 Å². The minimum Gasteiger partial charge on any atom is -0.0819 e. The fourth-order valence-corrected chi connectivity index (χ4v) is 1.77. The largest absolute Gasteiger partial charge is 0.0819 e. The van der Waals surface area contributed by atoms with Gasteiger partial charge in [-0.15, -0.1) is 0 Å². The van der Waals surface area contributed by atoms with E-state index in [0.29, 0.717) is 0 Å². The van der Waals surface area contributed by atoms with Crippen molar-refractivity contribution in [2.24, 2.45) is 11.8 Å². The van der Waals surface area contributed by atoms with Gasteiger partial charge in [-0.25, -0.2) is 0 Å². The normalized spacial score (nSPS) is 39.4. The SMILES string of the molecule is [CH2]CC1=CC2CC2CC1. The highest BCUT2D eigenvalue weighted by Crippen LogP contribution is 2.48. The second kappa shape index (κ2) is 1.86. The lowest BCUT2D eigenvalue weighted by atomic mass is 9.98. The molecule has 2 rings (SSSR count). The lowest BCUT2D eigenvalue weighted by Crippen LogP contribution is -1.92. The van der Waals surface area contributed by atoms with E-state index in [0.717, 1.165) is 18.3 Å². The summed E-state index contributed by atoms with van der Waals surface area (Å²) < 4.78 is 0. The molecule has 0 aromatic rings. The zero-order valence-corrected chi connectivity index (χ0v) is 5.77. The molecule has 0 bridgehead atoms. The maximum atomic E-state index is 3.89. The number of rotatable bonds is 1. The van der Waals surface area contributed by atoms with Crippen LogP contribution in [0.5, 0.6) is 0 Å². The third-order valence-electron chi connectivity index (χ3n) is 2.58. The Morgan fingerprint density at radius 2 is 2.56 bits per heavy atom. The molecule has 0 spiro atoms. The zero-order chi connectivity index (χ0) is 6.27. The molecule has 0 nitrogen and oxygen atoms in total. The van der Waals surface area contributed by atoms with Gasteiger partial charge in [0.2, 0.25) is 0 Å². The molecular weight excluding hydrogens is 108 g/mol. The van der Waals surface area contributed by atoms with Crippen LogP contribution < -0.4 is 0 Å². The summed E-state index contributed by atoms with van der Waals surface area (Å²) in [5.74, 6) is 2.07. The van der Waals surface area contributed by atoms with Gasteiger partial charge in [-0.3, -0.25) is 0 Å². The van der Waals surface area contributed by atoms with Crippen LogP contribution in [0.3, 0.4) is 0 Å². The fraction of sp³-hybridized carbons (Fsp3) is 0.667. The van der Waals surface area contributed by atoms with Crippen LogP contribution in [0.25, 0.3) is 0 Å². The molecule has 1 saturated carbocycles. The Morgan fingerprint density at radius 3 is 3.22 bits per heavy atom. The zero-order valence-electron chi connectivity index (χ0n) is 5.77. The van der Waals surface area contributed by atoms with Gasteiger partial charge in [0.05, 0.1) is 0 Å². The summed E-state index contributed by atoms with van der Waals surface area (Å²) in [5.41, 5.74) is 1.61. The third kappa shape index (κ3) is 0.910. The van der Waals surface area contributed by atoms with Gasteiger partial charge >= 0.3 is 0 Å². The van der Waals surface area contributed by atoms with Crippen LogP contribution in [0.15, 0.2) is 11.6 Å². The Balaban J connectivity index is 2.06. The van der Waals surface area contributed by atoms with Crippen molar-refractivity contribution in [1.82, 2.24) is 0 Å². The maximum Gasteiger partial charge on any atom is -0.0199 e. The Bertz CT molecular complexity index is 144. The predicted octanol–water partition coefficient (Wildman–Crippen LogP) is 2.57. The molecule has 0 aromatic heterocycles. The van der Waals surface area contributed by atoms with Gasteiger partial charge in [-0.2, -0.15) is 0 Å². The van der Waals surface area contributed by atoms with Gasteiger partial charge in [0, 0.05) is 0 Å². The second-order valence-electron chi connectivity index (χ2n) is 3.27. The van der Waals surface area contributed by atoms with Crippen LogP contribution in [0, 0.1) is 18.8 Å². The molecule has 2 aliphatic carbocycles. The van der Waals surface area contributed by atoms with Gasteiger partial charge in [0.15, 0.2) is 0 Å². The fourth-order valence-electron chi connectivity index (χ4n) is 1.77. The Hall–Kier alpha value is -0.260. The van der Waals surface area contributed by atoms with E-state index in [1.807, 2.05) is 0 Å². The van der Waals surface area contributed by atoms with Crippen LogP contribution in [0.2, 0.25) is 0 Å². The summed E-state index contributed by atoms with van der Waals surface area (Å²) in [4.78, 5) is 0. The molecule has 2 unspecified atom stereocenters. The third-order valence-corrected chi connectivity index (χ3v) is 2.58. The highest BCUT2D eigenvalue weighted by atomic mass is 14.4. The van der Waals surface area contributed by atoms with Crippen LogP contribution in [-0.4, -0.2) is 0 Å². The molecule has 49 valence electrons. The number of hydrogen-bond donors (Lipinski definition) is 0. The van der Waals surface area contributed by atoms with E-state index in [2.05, 4.69) is 13.0 Å². The molecule has 2 atom stereocenters. The van der Waals surface area contributed by atoms with Gasteiger partial charge in [0.1, 0.15) is 0 Å². The molecule has 0 N–H and O–H groups in total. The quantitative estimate of drug-likeness (QED) is 0.468. The standard InChI is InChI=1S/C9H13/c1-2-7-3-4-8-6-9(8)5-7/h5,8-9H,1-4,6H2. The number of allylic oxidation sites excluding steroid dienone is 2. The highest BCUT2D eigenvalue weighted by Gasteiger charge is 2.37. The highest BCUT2D eigenvalue weighted by molar-refractivity contribution is 5.16. The van der Waals surface area contributed by atoms with Crippen LogP contribution in [0.1, 0.15) is 25.7 Å².